The van der Waals surface area contributed by atoms with Crippen molar-refractivity contribution in [1.29, 1.82) is 0 Å². The van der Waals surface area contributed by atoms with Crippen LogP contribution in [0.25, 0.3) is 17.4 Å². The monoisotopic (exact) mass is 475 g/mol. The third kappa shape index (κ3) is 4.14. The van der Waals surface area contributed by atoms with Crippen LogP contribution in [0.2, 0.25) is 10.0 Å². The van der Waals surface area contributed by atoms with Gasteiger partial charge < -0.3 is 9.15 Å². The van der Waals surface area contributed by atoms with E-state index in [1.54, 1.807) is 36.4 Å². The van der Waals surface area contributed by atoms with Crippen LogP contribution >= 0.6 is 47.2 Å². The Morgan fingerprint density at radius 2 is 1.80 bits per heavy atom. The zero-order valence-corrected chi connectivity index (χ0v) is 18.9. The molecule has 1 aliphatic heterocycles. The fraction of sp³-hybridized carbons (Fsp3) is 0.0909. The molecule has 152 valence electrons. The number of furan rings is 1. The maximum atomic E-state index is 13.0. The SMILES string of the molecule is CCOc1ccc(N2C(=O)C(=Cc3ccc(-c4c(Cl)cccc4Cl)o3)SC2=S)cc1. The lowest BCUT2D eigenvalue weighted by Crippen LogP contribution is -2.27. The van der Waals surface area contributed by atoms with Crippen LogP contribution in [0.15, 0.2) is 63.9 Å². The number of thiocarbonyl (C=S) groups is 1. The summed E-state index contributed by atoms with van der Waals surface area (Å²) in [7, 11) is 0. The third-order valence-electron chi connectivity index (χ3n) is 4.31. The van der Waals surface area contributed by atoms with E-state index in [0.29, 0.717) is 48.6 Å². The molecule has 8 heteroatoms. The van der Waals surface area contributed by atoms with Crippen LogP contribution in [0.3, 0.4) is 0 Å². The number of nitrogens with zero attached hydrogens (tertiary/aromatic N) is 1. The van der Waals surface area contributed by atoms with Gasteiger partial charge in [-0.1, -0.05) is 53.2 Å². The van der Waals surface area contributed by atoms with E-state index in [1.807, 2.05) is 31.2 Å². The van der Waals surface area contributed by atoms with Gasteiger partial charge >= 0.3 is 0 Å². The lowest BCUT2D eigenvalue weighted by atomic mass is 10.2. The summed E-state index contributed by atoms with van der Waals surface area (Å²) in [4.78, 5) is 14.9. The number of ether oxygens (including phenoxy) is 1. The average Bonchev–Trinajstić information content (AvgIpc) is 3.27. The highest BCUT2D eigenvalue weighted by Crippen LogP contribution is 2.39. The maximum absolute atomic E-state index is 13.0. The van der Waals surface area contributed by atoms with E-state index >= 15 is 0 Å². The highest BCUT2D eigenvalue weighted by molar-refractivity contribution is 8.27. The van der Waals surface area contributed by atoms with Crippen LogP contribution in [-0.4, -0.2) is 16.8 Å². The minimum Gasteiger partial charge on any atom is -0.494 e. The molecule has 0 unspecified atom stereocenters. The summed E-state index contributed by atoms with van der Waals surface area (Å²) in [6.07, 6.45) is 1.67. The van der Waals surface area contributed by atoms with Crippen LogP contribution in [0.1, 0.15) is 12.7 Å². The van der Waals surface area contributed by atoms with Crippen molar-refractivity contribution in [2.75, 3.05) is 11.5 Å². The van der Waals surface area contributed by atoms with Crippen molar-refractivity contribution in [2.24, 2.45) is 0 Å². The first-order valence-electron chi connectivity index (χ1n) is 9.03. The van der Waals surface area contributed by atoms with Crippen molar-refractivity contribution in [2.45, 2.75) is 6.92 Å². The molecule has 0 aliphatic carbocycles. The number of hydrogen-bond donors (Lipinski definition) is 0. The quantitative estimate of drug-likeness (QED) is 0.291. The summed E-state index contributed by atoms with van der Waals surface area (Å²) >= 11 is 19.2. The molecule has 2 aromatic carbocycles. The summed E-state index contributed by atoms with van der Waals surface area (Å²) in [5.74, 6) is 1.57. The number of rotatable bonds is 5. The van der Waals surface area contributed by atoms with E-state index in [1.165, 1.54) is 16.7 Å². The van der Waals surface area contributed by atoms with Gasteiger partial charge in [-0.3, -0.25) is 9.69 Å². The molecule has 0 atom stereocenters. The summed E-state index contributed by atoms with van der Waals surface area (Å²) in [6.45, 7) is 2.49. The Hall–Kier alpha value is -2.25. The van der Waals surface area contributed by atoms with Gasteiger partial charge in [0.05, 0.1) is 32.8 Å². The number of carbonyl (C=O) groups is 1. The van der Waals surface area contributed by atoms with Gasteiger partial charge in [0.2, 0.25) is 0 Å². The normalized spacial score (nSPS) is 15.3. The fourth-order valence-corrected chi connectivity index (χ4v) is 4.84. The first kappa shape index (κ1) is 21.0. The van der Waals surface area contributed by atoms with Gasteiger partial charge in [-0.25, -0.2) is 0 Å². The van der Waals surface area contributed by atoms with E-state index in [2.05, 4.69) is 0 Å². The summed E-state index contributed by atoms with van der Waals surface area (Å²) < 4.78 is 11.8. The first-order valence-corrected chi connectivity index (χ1v) is 11.0. The Morgan fingerprint density at radius 1 is 1.10 bits per heavy atom. The van der Waals surface area contributed by atoms with Crippen LogP contribution in [0, 0.1) is 0 Å². The Labute approximate surface area is 193 Å². The van der Waals surface area contributed by atoms with Gasteiger partial charge in [0.1, 0.15) is 17.3 Å². The molecule has 1 aliphatic rings. The van der Waals surface area contributed by atoms with E-state index in [0.717, 1.165) is 5.75 Å². The number of thioether (sulfide) groups is 1. The van der Waals surface area contributed by atoms with Gasteiger partial charge in [0.15, 0.2) is 4.32 Å². The Balaban J connectivity index is 1.59. The molecule has 0 N–H and O–H groups in total. The lowest BCUT2D eigenvalue weighted by Gasteiger charge is -2.15. The summed E-state index contributed by atoms with van der Waals surface area (Å²) in [5, 5.41) is 0.982. The number of halogens is 2. The summed E-state index contributed by atoms with van der Waals surface area (Å²) in [6, 6.07) is 16.0. The number of benzene rings is 2. The predicted octanol–water partition coefficient (Wildman–Crippen LogP) is 7.06. The molecule has 1 saturated heterocycles. The minimum absolute atomic E-state index is 0.206. The molecular formula is C22H15Cl2NO3S2. The highest BCUT2D eigenvalue weighted by atomic mass is 35.5. The lowest BCUT2D eigenvalue weighted by molar-refractivity contribution is -0.113. The highest BCUT2D eigenvalue weighted by Gasteiger charge is 2.33. The molecule has 0 saturated carbocycles. The zero-order valence-electron chi connectivity index (χ0n) is 15.7. The largest absolute Gasteiger partial charge is 0.494 e. The molecule has 1 aromatic heterocycles. The van der Waals surface area contributed by atoms with Gasteiger partial charge in [-0.05, 0) is 55.5 Å². The van der Waals surface area contributed by atoms with Gasteiger partial charge in [0.25, 0.3) is 5.91 Å². The molecule has 0 spiro atoms. The van der Waals surface area contributed by atoms with Crippen molar-refractivity contribution in [1.82, 2.24) is 0 Å². The van der Waals surface area contributed by atoms with E-state index in [-0.39, 0.29) is 5.91 Å². The second kappa shape index (κ2) is 8.86. The minimum atomic E-state index is -0.206. The smallest absolute Gasteiger partial charge is 0.270 e. The van der Waals surface area contributed by atoms with E-state index < -0.39 is 0 Å². The molecule has 0 radical (unpaired) electrons. The molecule has 2 heterocycles. The van der Waals surface area contributed by atoms with Crippen LogP contribution in [0.5, 0.6) is 5.75 Å². The molecule has 30 heavy (non-hydrogen) atoms. The Morgan fingerprint density at radius 3 is 2.47 bits per heavy atom. The second-order valence-corrected chi connectivity index (χ2v) is 8.73. The van der Waals surface area contributed by atoms with Crippen molar-refractivity contribution < 1.29 is 13.9 Å². The van der Waals surface area contributed by atoms with Crippen molar-refractivity contribution in [3.05, 3.63) is 75.3 Å². The Kier molecular flexibility index (Phi) is 6.20. The maximum Gasteiger partial charge on any atom is 0.270 e. The molecular weight excluding hydrogens is 461 g/mol. The topological polar surface area (TPSA) is 42.7 Å². The van der Waals surface area contributed by atoms with Crippen LogP contribution in [0.4, 0.5) is 5.69 Å². The number of amides is 1. The van der Waals surface area contributed by atoms with Crippen LogP contribution in [-0.2, 0) is 4.79 Å². The number of hydrogen-bond acceptors (Lipinski definition) is 5. The number of carbonyl (C=O) groups excluding carboxylic acids is 1. The van der Waals surface area contributed by atoms with Crippen molar-refractivity contribution in [3.8, 4) is 17.1 Å². The first-order chi connectivity index (χ1) is 14.5. The summed E-state index contributed by atoms with van der Waals surface area (Å²) in [5.41, 5.74) is 1.30. The predicted molar refractivity (Wildman–Crippen MR) is 127 cm³/mol. The van der Waals surface area contributed by atoms with Crippen LogP contribution < -0.4 is 9.64 Å². The molecule has 1 amide bonds. The Bertz CT molecular complexity index is 1140. The second-order valence-electron chi connectivity index (χ2n) is 6.24. The van der Waals surface area contributed by atoms with Gasteiger partial charge in [-0.15, -0.1) is 0 Å². The standard InChI is InChI=1S/C22H15Cl2NO3S2/c1-2-27-14-8-6-13(7-9-14)25-21(26)19(30-22(25)29)12-15-10-11-18(28-15)20-16(23)4-3-5-17(20)24/h3-12H,2H2,1H3. The molecule has 4 rings (SSSR count). The molecule has 4 nitrogen and oxygen atoms in total. The van der Waals surface area contributed by atoms with E-state index in [9.17, 15) is 4.79 Å². The average molecular weight is 476 g/mol. The zero-order chi connectivity index (χ0) is 21.3. The number of anilines is 1. The third-order valence-corrected chi connectivity index (χ3v) is 6.24. The van der Waals surface area contributed by atoms with E-state index in [4.69, 9.17) is 44.6 Å². The fourth-order valence-electron chi connectivity index (χ4n) is 2.98. The van der Waals surface area contributed by atoms with Gasteiger partial charge in [0, 0.05) is 6.08 Å². The molecule has 3 aromatic rings. The van der Waals surface area contributed by atoms with Gasteiger partial charge in [-0.2, -0.15) is 0 Å². The molecule has 0 bridgehead atoms. The van der Waals surface area contributed by atoms with Crippen molar-refractivity contribution in [3.63, 3.8) is 0 Å². The van der Waals surface area contributed by atoms with Crippen molar-refractivity contribution >= 4 is 69.2 Å². The molecule has 1 fully saturated rings.